The third kappa shape index (κ3) is 4.73. The highest BCUT2D eigenvalue weighted by Gasteiger charge is 2.31. The van der Waals surface area contributed by atoms with E-state index in [0.717, 1.165) is 5.69 Å². The lowest BCUT2D eigenvalue weighted by molar-refractivity contribution is -0.137. The maximum absolute atomic E-state index is 14.0. The number of hydrogen-bond acceptors (Lipinski definition) is 6. The molecule has 0 fully saturated rings. The van der Waals surface area contributed by atoms with Gasteiger partial charge < -0.3 is 20.8 Å². The van der Waals surface area contributed by atoms with E-state index >= 15 is 0 Å². The maximum atomic E-state index is 14.0. The lowest BCUT2D eigenvalue weighted by atomic mass is 10.0. The zero-order chi connectivity index (χ0) is 27.0. The quantitative estimate of drug-likeness (QED) is 0.242. The summed E-state index contributed by atoms with van der Waals surface area (Å²) >= 11 is 0. The van der Waals surface area contributed by atoms with E-state index in [1.165, 1.54) is 6.33 Å². The zero-order valence-corrected chi connectivity index (χ0v) is 19.7. The molecule has 5 rings (SSSR count). The molecule has 3 aromatic heterocycles. The predicted molar refractivity (Wildman–Crippen MR) is 132 cm³/mol. The molecular formula is C25H19F4N7O2. The van der Waals surface area contributed by atoms with E-state index in [1.54, 1.807) is 41.2 Å². The van der Waals surface area contributed by atoms with Crippen LogP contribution in [0.15, 0.2) is 65.7 Å². The average molecular weight is 525 g/mol. The first-order valence-corrected chi connectivity index (χ1v) is 11.3. The van der Waals surface area contributed by atoms with Crippen LogP contribution in [0.2, 0.25) is 0 Å². The Hall–Kier alpha value is -4.94. The molecule has 0 radical (unpaired) electrons. The van der Waals surface area contributed by atoms with Crippen LogP contribution >= 0.6 is 0 Å². The van der Waals surface area contributed by atoms with Crippen molar-refractivity contribution in [3.8, 4) is 22.6 Å². The Balaban J connectivity index is 1.43. The number of carbonyl (C=O) groups is 1. The fourth-order valence-corrected chi connectivity index (χ4v) is 3.88. The molecule has 0 aliphatic carbocycles. The van der Waals surface area contributed by atoms with E-state index in [4.69, 9.17) is 10.2 Å². The maximum Gasteiger partial charge on any atom is 0.416 e. The van der Waals surface area contributed by atoms with Gasteiger partial charge in [-0.3, -0.25) is 0 Å². The van der Waals surface area contributed by atoms with E-state index in [0.29, 0.717) is 58.4 Å². The van der Waals surface area contributed by atoms with E-state index in [9.17, 15) is 22.4 Å². The van der Waals surface area contributed by atoms with Gasteiger partial charge in [-0.1, -0.05) is 19.1 Å². The van der Waals surface area contributed by atoms with Gasteiger partial charge in [0.05, 0.1) is 22.5 Å². The Morgan fingerprint density at radius 2 is 1.89 bits per heavy atom. The van der Waals surface area contributed by atoms with Crippen molar-refractivity contribution in [3.05, 3.63) is 78.3 Å². The topological polar surface area (TPSA) is 123 Å². The first kappa shape index (κ1) is 24.7. The highest BCUT2D eigenvalue weighted by atomic mass is 19.4. The number of benzene rings is 2. The van der Waals surface area contributed by atoms with Crippen LogP contribution < -0.4 is 16.4 Å². The molecule has 2 amide bonds. The number of urea groups is 1. The number of nitrogens with one attached hydrogen (secondary N) is 2. The lowest BCUT2D eigenvalue weighted by Gasteiger charge is -2.12. The molecule has 0 saturated carbocycles. The number of rotatable bonds is 5. The Bertz CT molecular complexity index is 1640. The largest absolute Gasteiger partial charge is 0.444 e. The van der Waals surface area contributed by atoms with E-state index in [-0.39, 0.29) is 5.82 Å². The van der Waals surface area contributed by atoms with Crippen LogP contribution in [0.1, 0.15) is 18.2 Å². The smallest absolute Gasteiger partial charge is 0.416 e. The molecule has 0 atom stereocenters. The minimum absolute atomic E-state index is 0.230. The summed E-state index contributed by atoms with van der Waals surface area (Å²) in [6, 6.07) is 7.35. The second-order valence-corrected chi connectivity index (χ2v) is 8.20. The van der Waals surface area contributed by atoms with Gasteiger partial charge in [-0.15, -0.1) is 0 Å². The monoisotopic (exact) mass is 525 g/mol. The molecule has 9 nitrogen and oxygen atoms in total. The molecular weight excluding hydrogens is 506 g/mol. The summed E-state index contributed by atoms with van der Waals surface area (Å²) in [5, 5.41) is 8.79. The average Bonchev–Trinajstić information content (AvgIpc) is 3.51. The third-order valence-corrected chi connectivity index (χ3v) is 5.72. The Kier molecular flexibility index (Phi) is 6.18. The molecule has 0 aliphatic rings. The second kappa shape index (κ2) is 9.50. The molecule has 0 unspecified atom stereocenters. The van der Waals surface area contributed by atoms with E-state index in [1.807, 2.05) is 6.92 Å². The molecule has 4 N–H and O–H groups in total. The summed E-state index contributed by atoms with van der Waals surface area (Å²) in [7, 11) is 0. The Morgan fingerprint density at radius 3 is 2.58 bits per heavy atom. The van der Waals surface area contributed by atoms with Gasteiger partial charge in [0.25, 0.3) is 0 Å². The van der Waals surface area contributed by atoms with Gasteiger partial charge in [-0.05, 0) is 42.3 Å². The summed E-state index contributed by atoms with van der Waals surface area (Å²) in [6.45, 7) is 1.95. The van der Waals surface area contributed by atoms with Crippen molar-refractivity contribution in [1.29, 1.82) is 0 Å². The number of aromatic nitrogens is 4. The Morgan fingerprint density at radius 1 is 1.13 bits per heavy atom. The fourth-order valence-electron chi connectivity index (χ4n) is 3.88. The van der Waals surface area contributed by atoms with Gasteiger partial charge >= 0.3 is 12.2 Å². The number of amides is 2. The molecule has 2 aromatic carbocycles. The van der Waals surface area contributed by atoms with Crippen molar-refractivity contribution >= 4 is 28.7 Å². The van der Waals surface area contributed by atoms with E-state index < -0.39 is 29.3 Å². The van der Waals surface area contributed by atoms with Crippen LogP contribution in [0.4, 0.5) is 39.5 Å². The van der Waals surface area contributed by atoms with Gasteiger partial charge in [0.15, 0.2) is 5.82 Å². The number of nitrogens with zero attached hydrogens (tertiary/aromatic N) is 4. The number of alkyl halides is 3. The van der Waals surface area contributed by atoms with Crippen molar-refractivity contribution in [2.75, 3.05) is 16.4 Å². The van der Waals surface area contributed by atoms with Gasteiger partial charge in [0, 0.05) is 17.4 Å². The first-order chi connectivity index (χ1) is 18.1. The van der Waals surface area contributed by atoms with Crippen LogP contribution in [-0.2, 0) is 12.6 Å². The molecule has 0 bridgehead atoms. The number of aryl methyl sites for hydroxylation is 1. The summed E-state index contributed by atoms with van der Waals surface area (Å²) < 4.78 is 60.0. The van der Waals surface area contributed by atoms with Gasteiger partial charge in [0.2, 0.25) is 5.89 Å². The number of anilines is 3. The molecule has 0 spiro atoms. The predicted octanol–water partition coefficient (Wildman–Crippen LogP) is 6.00. The van der Waals surface area contributed by atoms with Crippen LogP contribution in [0, 0.1) is 5.82 Å². The summed E-state index contributed by atoms with van der Waals surface area (Å²) in [6.07, 6.45) is 0.603. The van der Waals surface area contributed by atoms with Crippen LogP contribution in [0.3, 0.4) is 0 Å². The minimum atomic E-state index is -4.68. The fraction of sp³-hybridized carbons (Fsp3) is 0.120. The number of nitrogens with two attached hydrogens (primary N) is 1. The highest BCUT2D eigenvalue weighted by Crippen LogP contribution is 2.38. The first-order valence-electron chi connectivity index (χ1n) is 11.3. The van der Waals surface area contributed by atoms with Gasteiger partial charge in [-0.25, -0.2) is 23.7 Å². The van der Waals surface area contributed by atoms with Crippen LogP contribution in [0.5, 0.6) is 0 Å². The van der Waals surface area contributed by atoms with Crippen molar-refractivity contribution in [2.24, 2.45) is 0 Å². The molecule has 0 aliphatic heterocycles. The van der Waals surface area contributed by atoms with Gasteiger partial charge in [-0.2, -0.15) is 18.3 Å². The van der Waals surface area contributed by atoms with E-state index in [2.05, 4.69) is 25.7 Å². The molecule has 0 saturated heterocycles. The van der Waals surface area contributed by atoms with Crippen LogP contribution in [0.25, 0.3) is 28.1 Å². The van der Waals surface area contributed by atoms with Crippen molar-refractivity contribution in [3.63, 3.8) is 0 Å². The molecule has 194 valence electrons. The second-order valence-electron chi connectivity index (χ2n) is 8.20. The number of fused-ring (bicyclic) bond motifs is 1. The third-order valence-electron chi connectivity index (χ3n) is 5.72. The van der Waals surface area contributed by atoms with Crippen molar-refractivity contribution in [2.45, 2.75) is 19.5 Å². The Labute approximate surface area is 212 Å². The molecule has 5 aromatic rings. The van der Waals surface area contributed by atoms with Crippen LogP contribution in [-0.4, -0.2) is 25.6 Å². The number of halogens is 4. The SMILES string of the molecule is CCc1coc(-c2cn3ncnc(N)c3c2-c2ccc(NC(=O)Nc3cc(C(F)(F)F)ccc3F)cc2)n1. The summed E-state index contributed by atoms with van der Waals surface area (Å²) in [5.74, 6) is -0.408. The molecule has 13 heteroatoms. The normalized spacial score (nSPS) is 11.6. The van der Waals surface area contributed by atoms with Gasteiger partial charge in [0.1, 0.15) is 23.9 Å². The number of hydrogen-bond donors (Lipinski definition) is 3. The highest BCUT2D eigenvalue weighted by molar-refractivity contribution is 6.01. The number of nitrogen functional groups attached to an aromatic ring is 1. The molecule has 3 heterocycles. The van der Waals surface area contributed by atoms with Crippen molar-refractivity contribution in [1.82, 2.24) is 19.6 Å². The standard InChI is InChI=1S/C25H19F4N7O2/c1-2-15-11-38-23(33-15)17-10-36-21(22(30)31-12-32-36)20(17)13-3-6-16(7-4-13)34-24(37)35-19-9-14(25(27,28)29)5-8-18(19)26/h3-12H,2H2,1H3,(H2,30,31,32)(H2,34,35,37). The lowest BCUT2D eigenvalue weighted by Crippen LogP contribution is -2.20. The number of oxazole rings is 1. The molecule has 38 heavy (non-hydrogen) atoms. The number of carbonyl (C=O) groups excluding carboxylic acids is 1. The van der Waals surface area contributed by atoms with Crippen molar-refractivity contribution < 1.29 is 26.8 Å². The summed E-state index contributed by atoms with van der Waals surface area (Å²) in [4.78, 5) is 20.9. The minimum Gasteiger partial charge on any atom is -0.444 e. The summed E-state index contributed by atoms with van der Waals surface area (Å²) in [5.41, 5.74) is 7.99. The zero-order valence-electron chi connectivity index (χ0n) is 19.7.